The summed E-state index contributed by atoms with van der Waals surface area (Å²) in [5.41, 5.74) is 5.87. The van der Waals surface area contributed by atoms with Gasteiger partial charge >= 0.3 is 0 Å². The number of amides is 1. The fourth-order valence-electron chi connectivity index (χ4n) is 4.85. The molecule has 4 aromatic rings. The molecule has 1 aliphatic heterocycles. The number of piperidine rings is 1. The molecule has 1 fully saturated rings. The van der Waals surface area contributed by atoms with Crippen LogP contribution < -0.4 is 10.2 Å². The zero-order valence-electron chi connectivity index (χ0n) is 19.7. The van der Waals surface area contributed by atoms with Gasteiger partial charge in [-0.05, 0) is 88.6 Å². The van der Waals surface area contributed by atoms with Gasteiger partial charge in [-0.3, -0.25) is 9.20 Å². The highest BCUT2D eigenvalue weighted by atomic mass is 79.9. The van der Waals surface area contributed by atoms with Crippen LogP contribution in [0.5, 0.6) is 0 Å². The minimum atomic E-state index is -0.110. The van der Waals surface area contributed by atoms with Crippen molar-refractivity contribution in [2.75, 3.05) is 18.0 Å². The molecule has 5 nitrogen and oxygen atoms in total. The molecule has 3 heterocycles. The minimum Gasteiger partial charge on any atom is -0.371 e. The first-order valence-electron chi connectivity index (χ1n) is 12.1. The normalized spacial score (nSPS) is 14.4. The maximum atomic E-state index is 13.1. The predicted octanol–water partition coefficient (Wildman–Crippen LogP) is 6.63. The zero-order chi connectivity index (χ0) is 24.4. The summed E-state index contributed by atoms with van der Waals surface area (Å²) in [5.74, 6) is 0.479. The first-order valence-corrected chi connectivity index (χ1v) is 13.2. The van der Waals surface area contributed by atoms with Crippen molar-refractivity contribution in [3.05, 3.63) is 98.9 Å². The van der Waals surface area contributed by atoms with Crippen LogP contribution in [-0.4, -0.2) is 28.4 Å². The lowest BCUT2D eigenvalue weighted by atomic mass is 9.89. The molecule has 180 valence electrons. The molecule has 0 atom stereocenters. The van der Waals surface area contributed by atoms with E-state index in [9.17, 15) is 4.79 Å². The van der Waals surface area contributed by atoms with Crippen molar-refractivity contribution >= 4 is 44.8 Å². The number of pyridine rings is 1. The molecular weight excluding hydrogens is 524 g/mol. The highest BCUT2D eigenvalue weighted by molar-refractivity contribution is 9.10. The van der Waals surface area contributed by atoms with Gasteiger partial charge < -0.3 is 10.2 Å². The summed E-state index contributed by atoms with van der Waals surface area (Å²) in [5, 5.41) is 3.87. The average Bonchev–Trinajstić information content (AvgIpc) is 3.26. The Morgan fingerprint density at radius 3 is 2.46 bits per heavy atom. The predicted molar refractivity (Wildman–Crippen MR) is 146 cm³/mol. The molecule has 35 heavy (non-hydrogen) atoms. The number of halogens is 2. The van der Waals surface area contributed by atoms with Crippen molar-refractivity contribution in [2.24, 2.45) is 0 Å². The Kier molecular flexibility index (Phi) is 7.12. The Hall–Kier alpha value is -2.83. The number of carbonyl (C=O) groups excluding carboxylic acids is 1. The fourth-order valence-corrected chi connectivity index (χ4v) is 5.31. The van der Waals surface area contributed by atoms with Gasteiger partial charge in [0.1, 0.15) is 11.3 Å². The van der Waals surface area contributed by atoms with Crippen LogP contribution in [0.3, 0.4) is 0 Å². The number of aryl methyl sites for hydroxylation is 1. The van der Waals surface area contributed by atoms with Crippen LogP contribution in [0, 0.1) is 0 Å². The summed E-state index contributed by atoms with van der Waals surface area (Å²) in [6, 6.07) is 20.7. The van der Waals surface area contributed by atoms with E-state index in [1.165, 1.54) is 11.3 Å². The van der Waals surface area contributed by atoms with Gasteiger partial charge in [-0.15, -0.1) is 0 Å². The monoisotopic (exact) mass is 550 g/mol. The van der Waals surface area contributed by atoms with E-state index in [-0.39, 0.29) is 5.91 Å². The number of nitrogens with one attached hydrogen (secondary N) is 1. The first-order chi connectivity index (χ1) is 17.0. The molecule has 1 N–H and O–H groups in total. The van der Waals surface area contributed by atoms with Gasteiger partial charge in [-0.25, -0.2) is 4.98 Å². The Bertz CT molecular complexity index is 1330. The molecule has 2 aromatic heterocycles. The average molecular weight is 552 g/mol. The number of fused-ring (bicyclic) bond motifs is 1. The molecule has 0 saturated carbocycles. The quantitative estimate of drug-likeness (QED) is 0.293. The largest absolute Gasteiger partial charge is 0.371 e. The highest BCUT2D eigenvalue weighted by Crippen LogP contribution is 2.31. The van der Waals surface area contributed by atoms with Gasteiger partial charge in [0, 0.05) is 41.0 Å². The highest BCUT2D eigenvalue weighted by Gasteiger charge is 2.21. The number of hydrogen-bond acceptors (Lipinski definition) is 3. The Labute approximate surface area is 219 Å². The smallest absolute Gasteiger partial charge is 0.270 e. The van der Waals surface area contributed by atoms with Gasteiger partial charge in [0.25, 0.3) is 5.91 Å². The number of nitrogens with zero attached hydrogens (tertiary/aromatic N) is 3. The van der Waals surface area contributed by atoms with E-state index in [4.69, 9.17) is 11.6 Å². The van der Waals surface area contributed by atoms with Crippen LogP contribution in [-0.2, 0) is 13.0 Å². The first kappa shape index (κ1) is 23.9. The SMILES string of the molecule is CCc1nc2ccc(Br)cn2c1C(=O)NCc1ccc(N2CCC(c3ccc(Cl)cc3)CC2)cc1. The summed E-state index contributed by atoms with van der Waals surface area (Å²) < 4.78 is 2.77. The second-order valence-electron chi connectivity index (χ2n) is 9.00. The summed E-state index contributed by atoms with van der Waals surface area (Å²) in [6.45, 7) is 4.56. The van der Waals surface area contributed by atoms with Gasteiger partial charge in [0.15, 0.2) is 0 Å². The van der Waals surface area contributed by atoms with Gasteiger partial charge in [0.2, 0.25) is 0 Å². The second-order valence-corrected chi connectivity index (χ2v) is 10.4. The zero-order valence-corrected chi connectivity index (χ0v) is 22.0. The number of carbonyl (C=O) groups is 1. The molecule has 2 aromatic carbocycles. The van der Waals surface area contributed by atoms with Crippen LogP contribution >= 0.6 is 27.5 Å². The van der Waals surface area contributed by atoms with Crippen LogP contribution in [0.2, 0.25) is 5.02 Å². The van der Waals surface area contributed by atoms with Crippen molar-refractivity contribution in [3.63, 3.8) is 0 Å². The number of rotatable bonds is 6. The summed E-state index contributed by atoms with van der Waals surface area (Å²) >= 11 is 9.53. The van der Waals surface area contributed by atoms with Crippen LogP contribution in [0.1, 0.15) is 53.0 Å². The van der Waals surface area contributed by atoms with Crippen LogP contribution in [0.25, 0.3) is 5.65 Å². The molecule has 0 radical (unpaired) electrons. The molecular formula is C28H28BrClN4O. The molecule has 0 unspecified atom stereocenters. The van der Waals surface area contributed by atoms with E-state index in [1.54, 1.807) is 0 Å². The van der Waals surface area contributed by atoms with E-state index in [2.05, 4.69) is 67.5 Å². The van der Waals surface area contributed by atoms with E-state index in [0.29, 0.717) is 24.6 Å². The molecule has 5 rings (SSSR count). The number of imidazole rings is 1. The summed E-state index contributed by atoms with van der Waals surface area (Å²) in [4.78, 5) is 20.1. The topological polar surface area (TPSA) is 49.6 Å². The molecule has 0 aliphatic carbocycles. The van der Waals surface area contributed by atoms with E-state index in [1.807, 2.05) is 41.8 Å². The molecule has 0 spiro atoms. The van der Waals surface area contributed by atoms with Gasteiger partial charge in [-0.2, -0.15) is 0 Å². The van der Waals surface area contributed by atoms with Crippen molar-refractivity contribution in [1.29, 1.82) is 0 Å². The fraction of sp³-hybridized carbons (Fsp3) is 0.286. The Morgan fingerprint density at radius 2 is 1.77 bits per heavy atom. The van der Waals surface area contributed by atoms with E-state index < -0.39 is 0 Å². The standard InChI is InChI=1S/C28H28BrClN4O/c1-2-25-27(34-18-22(29)7-12-26(34)32-25)28(35)31-17-19-3-10-24(11-4-19)33-15-13-21(14-16-33)20-5-8-23(30)9-6-20/h3-12,18,21H,2,13-17H2,1H3,(H,31,35). The van der Waals surface area contributed by atoms with Crippen molar-refractivity contribution in [1.82, 2.24) is 14.7 Å². The number of benzene rings is 2. The Balaban J connectivity index is 1.20. The lowest BCUT2D eigenvalue weighted by Gasteiger charge is -2.34. The second kappa shape index (κ2) is 10.4. The van der Waals surface area contributed by atoms with Crippen LogP contribution in [0.4, 0.5) is 5.69 Å². The van der Waals surface area contributed by atoms with Crippen molar-refractivity contribution in [3.8, 4) is 0 Å². The maximum Gasteiger partial charge on any atom is 0.270 e. The van der Waals surface area contributed by atoms with E-state index >= 15 is 0 Å². The molecule has 1 aliphatic rings. The number of anilines is 1. The third kappa shape index (κ3) is 5.24. The minimum absolute atomic E-state index is 0.110. The van der Waals surface area contributed by atoms with Gasteiger partial charge in [0.05, 0.1) is 5.69 Å². The third-order valence-corrected chi connectivity index (χ3v) is 7.52. The maximum absolute atomic E-state index is 13.1. The lowest BCUT2D eigenvalue weighted by Crippen LogP contribution is -2.32. The molecule has 7 heteroatoms. The van der Waals surface area contributed by atoms with Gasteiger partial charge in [-0.1, -0.05) is 42.8 Å². The van der Waals surface area contributed by atoms with E-state index in [0.717, 1.165) is 52.3 Å². The Morgan fingerprint density at radius 1 is 1.06 bits per heavy atom. The molecule has 0 bridgehead atoms. The third-order valence-electron chi connectivity index (χ3n) is 6.80. The molecule has 1 amide bonds. The molecule has 1 saturated heterocycles. The lowest BCUT2D eigenvalue weighted by molar-refractivity contribution is 0.0944. The number of aromatic nitrogens is 2. The van der Waals surface area contributed by atoms with Crippen LogP contribution in [0.15, 0.2) is 71.3 Å². The summed E-state index contributed by atoms with van der Waals surface area (Å²) in [7, 11) is 0. The summed E-state index contributed by atoms with van der Waals surface area (Å²) in [6.07, 6.45) is 4.86. The number of hydrogen-bond donors (Lipinski definition) is 1. The van der Waals surface area contributed by atoms with Crippen molar-refractivity contribution < 1.29 is 4.79 Å². The van der Waals surface area contributed by atoms with Crippen molar-refractivity contribution in [2.45, 2.75) is 38.6 Å².